The van der Waals surface area contributed by atoms with E-state index in [9.17, 15) is 9.59 Å². The van der Waals surface area contributed by atoms with Crippen LogP contribution >= 0.6 is 0 Å². The molecular weight excluding hydrogens is 332 g/mol. The Balaban J connectivity index is 1.74. The number of likely N-dealkylation sites (tertiary alicyclic amines) is 1. The molecule has 0 saturated carbocycles. The molecule has 0 radical (unpaired) electrons. The SMILES string of the molecule is COCCN1C(=O)N(C(C)C)C(=O)C12CCN(Cc1cccnc1)CC2. The standard InChI is InChI=1S/C19H28N4O3/c1-15(2)23-17(24)19(22(18(23)25)11-12-26-3)6-9-21(10-7-19)14-16-5-4-8-20-13-16/h4-5,8,13,15H,6-7,9-12,14H2,1-3H3. The summed E-state index contributed by atoms with van der Waals surface area (Å²) < 4.78 is 5.18. The summed E-state index contributed by atoms with van der Waals surface area (Å²) in [6.45, 7) is 7.05. The molecule has 0 aromatic carbocycles. The van der Waals surface area contributed by atoms with Gasteiger partial charge in [-0.3, -0.25) is 19.6 Å². The van der Waals surface area contributed by atoms with Crippen LogP contribution in [0.4, 0.5) is 4.79 Å². The fourth-order valence-corrected chi connectivity index (χ4v) is 4.00. The Morgan fingerprint density at radius 1 is 1.27 bits per heavy atom. The minimum absolute atomic E-state index is 0.0466. The maximum atomic E-state index is 13.2. The quantitative estimate of drug-likeness (QED) is 0.723. The summed E-state index contributed by atoms with van der Waals surface area (Å²) in [5.74, 6) is -0.0466. The van der Waals surface area contributed by atoms with E-state index in [0.29, 0.717) is 26.0 Å². The first-order valence-electron chi connectivity index (χ1n) is 9.25. The topological polar surface area (TPSA) is 66.0 Å². The number of hydrogen-bond acceptors (Lipinski definition) is 5. The van der Waals surface area contributed by atoms with Gasteiger partial charge in [0.2, 0.25) is 0 Å². The fourth-order valence-electron chi connectivity index (χ4n) is 4.00. The van der Waals surface area contributed by atoms with Crippen molar-refractivity contribution in [2.75, 3.05) is 33.4 Å². The van der Waals surface area contributed by atoms with Crippen LogP contribution < -0.4 is 0 Å². The lowest BCUT2D eigenvalue weighted by molar-refractivity contribution is -0.136. The summed E-state index contributed by atoms with van der Waals surface area (Å²) in [4.78, 5) is 35.7. The van der Waals surface area contributed by atoms with E-state index in [0.717, 1.165) is 25.2 Å². The van der Waals surface area contributed by atoms with Crippen LogP contribution in [0.5, 0.6) is 0 Å². The molecule has 3 amide bonds. The molecule has 3 rings (SSSR count). The third-order valence-corrected chi connectivity index (χ3v) is 5.42. The number of carbonyl (C=O) groups excluding carboxylic acids is 2. The van der Waals surface area contributed by atoms with E-state index in [2.05, 4.69) is 16.0 Å². The van der Waals surface area contributed by atoms with Crippen molar-refractivity contribution in [1.29, 1.82) is 0 Å². The van der Waals surface area contributed by atoms with Crippen molar-refractivity contribution in [3.05, 3.63) is 30.1 Å². The third-order valence-electron chi connectivity index (χ3n) is 5.42. The molecule has 142 valence electrons. The number of methoxy groups -OCH3 is 1. The lowest BCUT2D eigenvalue weighted by Gasteiger charge is -2.42. The van der Waals surface area contributed by atoms with Crippen LogP contribution in [-0.2, 0) is 16.1 Å². The first-order valence-corrected chi connectivity index (χ1v) is 9.25. The van der Waals surface area contributed by atoms with E-state index >= 15 is 0 Å². The number of pyridine rings is 1. The molecule has 2 aliphatic rings. The van der Waals surface area contributed by atoms with Gasteiger partial charge in [-0.05, 0) is 38.3 Å². The molecule has 2 aliphatic heterocycles. The molecule has 0 aliphatic carbocycles. The number of amides is 3. The average Bonchev–Trinajstić information content (AvgIpc) is 2.83. The summed E-state index contributed by atoms with van der Waals surface area (Å²) in [6, 6.07) is 3.69. The number of urea groups is 1. The molecule has 7 heteroatoms. The van der Waals surface area contributed by atoms with Crippen molar-refractivity contribution >= 4 is 11.9 Å². The summed E-state index contributed by atoms with van der Waals surface area (Å²) in [5.41, 5.74) is 0.447. The van der Waals surface area contributed by atoms with E-state index < -0.39 is 5.54 Å². The van der Waals surface area contributed by atoms with Gasteiger partial charge >= 0.3 is 6.03 Å². The Morgan fingerprint density at radius 2 is 2.00 bits per heavy atom. The molecule has 1 aromatic rings. The zero-order chi connectivity index (χ0) is 18.7. The monoisotopic (exact) mass is 360 g/mol. The fraction of sp³-hybridized carbons (Fsp3) is 0.632. The molecule has 0 atom stereocenters. The van der Waals surface area contributed by atoms with E-state index in [-0.39, 0.29) is 18.0 Å². The van der Waals surface area contributed by atoms with Gasteiger partial charge in [-0.2, -0.15) is 0 Å². The van der Waals surface area contributed by atoms with Crippen molar-refractivity contribution in [2.24, 2.45) is 0 Å². The zero-order valence-electron chi connectivity index (χ0n) is 15.9. The van der Waals surface area contributed by atoms with Crippen LogP contribution in [0.25, 0.3) is 0 Å². The minimum atomic E-state index is -0.717. The largest absolute Gasteiger partial charge is 0.383 e. The highest BCUT2D eigenvalue weighted by molar-refractivity contribution is 6.07. The molecule has 0 N–H and O–H groups in total. The summed E-state index contributed by atoms with van der Waals surface area (Å²) in [6.07, 6.45) is 4.96. The maximum Gasteiger partial charge on any atom is 0.327 e. The van der Waals surface area contributed by atoms with Gasteiger partial charge in [0, 0.05) is 51.7 Å². The summed E-state index contributed by atoms with van der Waals surface area (Å²) in [7, 11) is 1.62. The van der Waals surface area contributed by atoms with Gasteiger partial charge in [-0.25, -0.2) is 4.79 Å². The van der Waals surface area contributed by atoms with Crippen LogP contribution in [0.1, 0.15) is 32.3 Å². The highest BCUT2D eigenvalue weighted by Gasteiger charge is 2.58. The Hall–Kier alpha value is -1.99. The van der Waals surface area contributed by atoms with E-state index in [1.165, 1.54) is 4.90 Å². The highest BCUT2D eigenvalue weighted by atomic mass is 16.5. The number of hydrogen-bond donors (Lipinski definition) is 0. The number of rotatable bonds is 6. The van der Waals surface area contributed by atoms with Crippen LogP contribution in [0.15, 0.2) is 24.5 Å². The second-order valence-electron chi connectivity index (χ2n) is 7.36. The Bertz CT molecular complexity index is 641. The predicted octanol–water partition coefficient (Wildman–Crippen LogP) is 1.74. The van der Waals surface area contributed by atoms with Gasteiger partial charge in [-0.1, -0.05) is 6.07 Å². The van der Waals surface area contributed by atoms with Crippen molar-refractivity contribution in [3.63, 3.8) is 0 Å². The predicted molar refractivity (Wildman–Crippen MR) is 97.4 cm³/mol. The van der Waals surface area contributed by atoms with Gasteiger partial charge in [0.15, 0.2) is 0 Å². The molecule has 0 unspecified atom stereocenters. The number of carbonyl (C=O) groups is 2. The van der Waals surface area contributed by atoms with Gasteiger partial charge in [0.25, 0.3) is 5.91 Å². The molecule has 3 heterocycles. The normalized spacial score (nSPS) is 20.6. The van der Waals surface area contributed by atoms with Gasteiger partial charge in [0.1, 0.15) is 5.54 Å². The smallest absolute Gasteiger partial charge is 0.327 e. The number of piperidine rings is 1. The van der Waals surface area contributed by atoms with Crippen molar-refractivity contribution < 1.29 is 14.3 Å². The molecule has 2 saturated heterocycles. The number of ether oxygens (including phenoxy) is 1. The van der Waals surface area contributed by atoms with Crippen LogP contribution in [0.2, 0.25) is 0 Å². The Labute approximate surface area is 154 Å². The lowest BCUT2D eigenvalue weighted by atomic mass is 9.85. The highest BCUT2D eigenvalue weighted by Crippen LogP contribution is 2.38. The third kappa shape index (κ3) is 3.33. The number of aromatic nitrogens is 1. The van der Waals surface area contributed by atoms with Crippen molar-refractivity contribution in [1.82, 2.24) is 19.7 Å². The molecule has 7 nitrogen and oxygen atoms in total. The molecular formula is C19H28N4O3. The minimum Gasteiger partial charge on any atom is -0.383 e. The average molecular weight is 360 g/mol. The van der Waals surface area contributed by atoms with Gasteiger partial charge < -0.3 is 9.64 Å². The Morgan fingerprint density at radius 3 is 2.58 bits per heavy atom. The molecule has 2 fully saturated rings. The molecule has 1 aromatic heterocycles. The van der Waals surface area contributed by atoms with Crippen LogP contribution in [-0.4, -0.2) is 76.6 Å². The number of imide groups is 1. The van der Waals surface area contributed by atoms with E-state index in [1.54, 1.807) is 18.2 Å². The van der Waals surface area contributed by atoms with Gasteiger partial charge in [0.05, 0.1) is 6.61 Å². The van der Waals surface area contributed by atoms with Gasteiger partial charge in [-0.15, -0.1) is 0 Å². The summed E-state index contributed by atoms with van der Waals surface area (Å²) >= 11 is 0. The van der Waals surface area contributed by atoms with E-state index in [4.69, 9.17) is 4.74 Å². The second-order valence-corrected chi connectivity index (χ2v) is 7.36. The summed E-state index contributed by atoms with van der Waals surface area (Å²) in [5, 5.41) is 0. The first kappa shape index (κ1) is 18.8. The number of nitrogens with zero attached hydrogens (tertiary/aromatic N) is 4. The van der Waals surface area contributed by atoms with E-state index in [1.807, 2.05) is 26.1 Å². The maximum absolute atomic E-state index is 13.2. The van der Waals surface area contributed by atoms with Crippen molar-refractivity contribution in [2.45, 2.75) is 44.8 Å². The zero-order valence-corrected chi connectivity index (χ0v) is 15.9. The van der Waals surface area contributed by atoms with Crippen molar-refractivity contribution in [3.8, 4) is 0 Å². The Kier molecular flexibility index (Phi) is 5.58. The van der Waals surface area contributed by atoms with Crippen LogP contribution in [0, 0.1) is 0 Å². The first-order chi connectivity index (χ1) is 12.5. The molecule has 26 heavy (non-hydrogen) atoms. The second kappa shape index (κ2) is 7.72. The van der Waals surface area contributed by atoms with Crippen LogP contribution in [0.3, 0.4) is 0 Å². The molecule has 1 spiro atoms. The molecule has 0 bridgehead atoms. The lowest BCUT2D eigenvalue weighted by Crippen LogP contribution is -2.57.